The predicted octanol–water partition coefficient (Wildman–Crippen LogP) is 4.61. The molecule has 2 aromatic carbocycles. The van der Waals surface area contributed by atoms with Gasteiger partial charge in [0.25, 0.3) is 0 Å². The van der Waals surface area contributed by atoms with Crippen LogP contribution in [0.3, 0.4) is 0 Å². The predicted molar refractivity (Wildman–Crippen MR) is 89.1 cm³/mol. The molecule has 7 heteroatoms. The van der Waals surface area contributed by atoms with Crippen LogP contribution >= 0.6 is 23.2 Å². The Balaban J connectivity index is 2.37. The van der Waals surface area contributed by atoms with E-state index in [0.717, 1.165) is 12.1 Å². The monoisotopic (exact) mass is 369 g/mol. The summed E-state index contributed by atoms with van der Waals surface area (Å²) in [6.07, 6.45) is 1.19. The topological polar surface area (TPSA) is 57.9 Å². The summed E-state index contributed by atoms with van der Waals surface area (Å²) in [5.41, 5.74) is 0.755. The lowest BCUT2D eigenvalue weighted by Crippen LogP contribution is -2.06. The first kappa shape index (κ1) is 17.5. The third kappa shape index (κ3) is 4.55. The van der Waals surface area contributed by atoms with E-state index >= 15 is 0 Å². The molecule has 0 bridgehead atoms. The number of halogens is 3. The van der Waals surface area contributed by atoms with Crippen molar-refractivity contribution in [3.8, 4) is 6.07 Å². The second-order valence-corrected chi connectivity index (χ2v) is 7.47. The summed E-state index contributed by atoms with van der Waals surface area (Å²) in [5, 5.41) is 9.80. The summed E-state index contributed by atoms with van der Waals surface area (Å²) < 4.78 is 37.6. The van der Waals surface area contributed by atoms with Crippen molar-refractivity contribution in [3.63, 3.8) is 0 Å². The van der Waals surface area contributed by atoms with Crippen LogP contribution < -0.4 is 0 Å². The molecule has 0 heterocycles. The molecule has 2 rings (SSSR count). The summed E-state index contributed by atoms with van der Waals surface area (Å²) in [6, 6.07) is 11.2. The number of rotatable bonds is 4. The summed E-state index contributed by atoms with van der Waals surface area (Å²) >= 11 is 11.8. The fourth-order valence-electron chi connectivity index (χ4n) is 1.83. The molecule has 0 spiro atoms. The number of nitriles is 1. The second-order valence-electron chi connectivity index (χ2n) is 4.67. The van der Waals surface area contributed by atoms with E-state index in [0.29, 0.717) is 16.1 Å². The number of nitrogens with zero attached hydrogens (tertiary/aromatic N) is 1. The van der Waals surface area contributed by atoms with E-state index in [-0.39, 0.29) is 5.02 Å². The van der Waals surface area contributed by atoms with Crippen LogP contribution in [-0.2, 0) is 15.6 Å². The number of hydrogen-bond acceptors (Lipinski definition) is 3. The lowest BCUT2D eigenvalue weighted by Gasteiger charge is -2.05. The van der Waals surface area contributed by atoms with E-state index in [9.17, 15) is 12.8 Å². The number of sulfone groups is 1. The van der Waals surface area contributed by atoms with Crippen LogP contribution in [0.4, 0.5) is 4.39 Å². The molecule has 0 unspecified atom stereocenters. The molecule has 0 aromatic heterocycles. The van der Waals surface area contributed by atoms with Crippen molar-refractivity contribution in [2.24, 2.45) is 0 Å². The van der Waals surface area contributed by atoms with Crippen molar-refractivity contribution in [3.05, 3.63) is 74.4 Å². The number of benzene rings is 2. The highest BCUT2D eigenvalue weighted by Crippen LogP contribution is 2.25. The van der Waals surface area contributed by atoms with Crippen LogP contribution in [0, 0.1) is 17.1 Å². The van der Waals surface area contributed by atoms with Crippen molar-refractivity contribution in [2.45, 2.75) is 5.75 Å². The number of allylic oxidation sites excluding steroid dienone is 1. The van der Waals surface area contributed by atoms with Gasteiger partial charge in [-0.3, -0.25) is 0 Å². The van der Waals surface area contributed by atoms with Crippen LogP contribution in [0.2, 0.25) is 10.0 Å². The van der Waals surface area contributed by atoms with Crippen molar-refractivity contribution in [1.82, 2.24) is 0 Å². The minimum atomic E-state index is -3.88. The molecule has 2 aromatic rings. The summed E-state index contributed by atoms with van der Waals surface area (Å²) in [7, 11) is -3.88. The Bertz CT molecular complexity index is 901. The Hall–Kier alpha value is -1.87. The first-order valence-electron chi connectivity index (χ1n) is 6.36. The van der Waals surface area contributed by atoms with Crippen molar-refractivity contribution in [1.29, 1.82) is 5.26 Å². The summed E-state index contributed by atoms with van der Waals surface area (Å²) in [4.78, 5) is -0.425. The zero-order chi connectivity index (χ0) is 17.0. The molecule has 0 saturated carbocycles. The van der Waals surface area contributed by atoms with E-state index in [1.807, 2.05) is 0 Å². The maximum atomic E-state index is 12.9. The van der Waals surface area contributed by atoms with Crippen LogP contribution in [0.1, 0.15) is 11.1 Å². The minimum Gasteiger partial charge on any atom is -0.223 e. The molecule has 118 valence electrons. The highest BCUT2D eigenvalue weighted by atomic mass is 35.5. The lowest BCUT2D eigenvalue weighted by atomic mass is 10.2. The molecule has 0 atom stereocenters. The van der Waals surface area contributed by atoms with Crippen molar-refractivity contribution >= 4 is 39.1 Å². The SMILES string of the molecule is N#C/C(=C\c1ccc(Cl)cc1Cl)S(=O)(=O)Cc1ccc(F)cc1. The molecule has 3 nitrogen and oxygen atoms in total. The van der Waals surface area contributed by atoms with E-state index in [1.54, 1.807) is 12.1 Å². The summed E-state index contributed by atoms with van der Waals surface area (Å²) in [6.45, 7) is 0. The van der Waals surface area contributed by atoms with Gasteiger partial charge in [0.2, 0.25) is 0 Å². The van der Waals surface area contributed by atoms with Gasteiger partial charge in [-0.15, -0.1) is 0 Å². The van der Waals surface area contributed by atoms with E-state index in [2.05, 4.69) is 0 Å². The molecule has 0 radical (unpaired) electrons. The van der Waals surface area contributed by atoms with E-state index in [1.165, 1.54) is 30.3 Å². The Morgan fingerprint density at radius 1 is 1.17 bits per heavy atom. The van der Waals surface area contributed by atoms with Gasteiger partial charge < -0.3 is 0 Å². The van der Waals surface area contributed by atoms with Gasteiger partial charge in [0, 0.05) is 10.0 Å². The molecular weight excluding hydrogens is 360 g/mol. The zero-order valence-corrected chi connectivity index (χ0v) is 14.0. The van der Waals surface area contributed by atoms with Crippen LogP contribution in [-0.4, -0.2) is 8.42 Å². The van der Waals surface area contributed by atoms with E-state index in [4.69, 9.17) is 28.5 Å². The minimum absolute atomic E-state index is 0.238. The molecule has 23 heavy (non-hydrogen) atoms. The fraction of sp³-hybridized carbons (Fsp3) is 0.0625. The van der Waals surface area contributed by atoms with Crippen LogP contribution in [0.25, 0.3) is 6.08 Å². The van der Waals surface area contributed by atoms with Gasteiger partial charge in [0.15, 0.2) is 9.84 Å². The molecule has 0 amide bonds. The van der Waals surface area contributed by atoms with Gasteiger partial charge >= 0.3 is 0 Å². The largest absolute Gasteiger partial charge is 0.223 e. The highest BCUT2D eigenvalue weighted by Gasteiger charge is 2.19. The average molecular weight is 370 g/mol. The average Bonchev–Trinajstić information content (AvgIpc) is 2.48. The first-order valence-corrected chi connectivity index (χ1v) is 8.77. The van der Waals surface area contributed by atoms with Gasteiger partial charge in [-0.1, -0.05) is 41.4 Å². The molecule has 0 aliphatic rings. The van der Waals surface area contributed by atoms with Crippen LogP contribution in [0.5, 0.6) is 0 Å². The van der Waals surface area contributed by atoms with Crippen LogP contribution in [0.15, 0.2) is 47.4 Å². The maximum Gasteiger partial charge on any atom is 0.192 e. The Morgan fingerprint density at radius 3 is 2.39 bits per heavy atom. The van der Waals surface area contributed by atoms with Crippen molar-refractivity contribution < 1.29 is 12.8 Å². The molecule has 0 N–H and O–H groups in total. The normalized spacial score (nSPS) is 12.0. The molecule has 0 aliphatic carbocycles. The molecule has 0 saturated heterocycles. The van der Waals surface area contributed by atoms with Gasteiger partial charge in [-0.25, -0.2) is 12.8 Å². The van der Waals surface area contributed by atoms with Crippen molar-refractivity contribution in [2.75, 3.05) is 0 Å². The molecular formula is C16H10Cl2FNO2S. The van der Waals surface area contributed by atoms with Gasteiger partial charge in [0.05, 0.1) is 5.75 Å². The lowest BCUT2D eigenvalue weighted by molar-refractivity contribution is 0.602. The second kappa shape index (κ2) is 7.14. The smallest absolute Gasteiger partial charge is 0.192 e. The Kier molecular flexibility index (Phi) is 5.42. The van der Waals surface area contributed by atoms with Gasteiger partial charge in [0.1, 0.15) is 16.8 Å². The number of hydrogen-bond donors (Lipinski definition) is 0. The zero-order valence-electron chi connectivity index (χ0n) is 11.6. The summed E-state index contributed by atoms with van der Waals surface area (Å²) in [5.74, 6) is -0.868. The fourth-order valence-corrected chi connectivity index (χ4v) is 3.52. The maximum absolute atomic E-state index is 12.9. The van der Waals surface area contributed by atoms with Gasteiger partial charge in [-0.05, 0) is 41.5 Å². The first-order chi connectivity index (χ1) is 10.8. The Labute approximate surface area is 143 Å². The quantitative estimate of drug-likeness (QED) is 0.739. The molecule has 0 fully saturated rings. The third-order valence-corrected chi connectivity index (χ3v) is 5.12. The van der Waals surface area contributed by atoms with E-state index < -0.39 is 26.3 Å². The van der Waals surface area contributed by atoms with Gasteiger partial charge in [-0.2, -0.15) is 5.26 Å². The standard InChI is InChI=1S/C16H10Cl2FNO2S/c17-13-4-3-12(16(18)8-13)7-15(9-20)23(21,22)10-11-1-5-14(19)6-2-11/h1-8H,10H2/b15-7+. The third-order valence-electron chi connectivity index (χ3n) is 2.96. The Morgan fingerprint density at radius 2 is 1.83 bits per heavy atom. The highest BCUT2D eigenvalue weighted by molar-refractivity contribution is 7.95. The molecule has 0 aliphatic heterocycles.